The predicted octanol–water partition coefficient (Wildman–Crippen LogP) is 3.52. The van der Waals surface area contributed by atoms with Crippen molar-refractivity contribution in [1.29, 1.82) is 0 Å². The minimum absolute atomic E-state index is 0. The van der Waals surface area contributed by atoms with Crippen molar-refractivity contribution in [2.45, 2.75) is 39.3 Å². The summed E-state index contributed by atoms with van der Waals surface area (Å²) in [6.45, 7) is 7.92. The van der Waals surface area contributed by atoms with E-state index in [2.05, 4.69) is 86.0 Å². The standard InChI is InChI=1S/C21H34N6.HI/c1-7-17-9-11-18(12-10-17)16(3)25-21(22-8-2)23-14-20(26(4)5)19-13-24-27(6)15-19;/h9-13,15-16,20H,7-8,14H2,1-6H3,(H2,22,23,25);1H. The maximum atomic E-state index is 4.84. The average molecular weight is 498 g/mol. The van der Waals surface area contributed by atoms with Crippen LogP contribution in [0.2, 0.25) is 0 Å². The van der Waals surface area contributed by atoms with Gasteiger partial charge in [-0.1, -0.05) is 31.2 Å². The van der Waals surface area contributed by atoms with E-state index in [1.165, 1.54) is 16.7 Å². The molecule has 0 saturated heterocycles. The Hall–Kier alpha value is -1.61. The zero-order chi connectivity index (χ0) is 19.8. The zero-order valence-electron chi connectivity index (χ0n) is 17.9. The van der Waals surface area contributed by atoms with E-state index in [-0.39, 0.29) is 36.1 Å². The summed E-state index contributed by atoms with van der Waals surface area (Å²) in [5.74, 6) is 0.834. The number of aromatic nitrogens is 2. The highest BCUT2D eigenvalue weighted by Gasteiger charge is 2.16. The summed E-state index contributed by atoms with van der Waals surface area (Å²) in [5.41, 5.74) is 3.79. The lowest BCUT2D eigenvalue weighted by Crippen LogP contribution is -2.39. The lowest BCUT2D eigenvalue weighted by atomic mass is 10.1. The van der Waals surface area contributed by atoms with Gasteiger partial charge >= 0.3 is 0 Å². The van der Waals surface area contributed by atoms with Crippen LogP contribution in [0.25, 0.3) is 0 Å². The largest absolute Gasteiger partial charge is 0.357 e. The van der Waals surface area contributed by atoms with Gasteiger partial charge < -0.3 is 15.5 Å². The second kappa shape index (κ2) is 12.1. The molecule has 28 heavy (non-hydrogen) atoms. The van der Waals surface area contributed by atoms with Crippen LogP contribution in [-0.2, 0) is 13.5 Å². The molecule has 2 rings (SSSR count). The molecular weight excluding hydrogens is 463 g/mol. The van der Waals surface area contributed by atoms with Crippen molar-refractivity contribution in [2.75, 3.05) is 27.2 Å². The fourth-order valence-electron chi connectivity index (χ4n) is 3.01. The van der Waals surface area contributed by atoms with Crippen LogP contribution in [-0.4, -0.2) is 47.8 Å². The first-order chi connectivity index (χ1) is 12.9. The number of hydrogen-bond donors (Lipinski definition) is 2. The van der Waals surface area contributed by atoms with E-state index in [1.807, 2.05) is 17.9 Å². The molecule has 0 radical (unpaired) electrons. The van der Waals surface area contributed by atoms with Crippen LogP contribution in [0, 0.1) is 0 Å². The normalized spacial score (nSPS) is 13.8. The molecule has 1 aromatic heterocycles. The molecule has 0 aliphatic heterocycles. The molecule has 7 heteroatoms. The summed E-state index contributed by atoms with van der Waals surface area (Å²) in [4.78, 5) is 7.01. The van der Waals surface area contributed by atoms with Crippen LogP contribution < -0.4 is 10.6 Å². The van der Waals surface area contributed by atoms with Gasteiger partial charge in [-0.15, -0.1) is 24.0 Å². The van der Waals surface area contributed by atoms with Crippen molar-refractivity contribution >= 4 is 29.9 Å². The predicted molar refractivity (Wildman–Crippen MR) is 128 cm³/mol. The van der Waals surface area contributed by atoms with E-state index in [0.29, 0.717) is 6.54 Å². The van der Waals surface area contributed by atoms with Gasteiger partial charge in [0, 0.05) is 25.4 Å². The first kappa shape index (κ1) is 24.4. The molecule has 2 aromatic rings. The highest BCUT2D eigenvalue weighted by Crippen LogP contribution is 2.18. The smallest absolute Gasteiger partial charge is 0.191 e. The Labute approximate surface area is 186 Å². The van der Waals surface area contributed by atoms with Crippen LogP contribution in [0.3, 0.4) is 0 Å². The molecule has 6 nitrogen and oxygen atoms in total. The molecule has 0 aliphatic carbocycles. The first-order valence-corrected chi connectivity index (χ1v) is 9.73. The molecule has 2 atom stereocenters. The fourth-order valence-corrected chi connectivity index (χ4v) is 3.01. The number of halogens is 1. The van der Waals surface area contributed by atoms with E-state index in [4.69, 9.17) is 4.99 Å². The second-order valence-corrected chi connectivity index (χ2v) is 7.11. The summed E-state index contributed by atoms with van der Waals surface area (Å²) in [6.07, 6.45) is 5.03. The third-order valence-corrected chi connectivity index (χ3v) is 4.74. The molecule has 0 amide bonds. The number of likely N-dealkylation sites (N-methyl/N-ethyl adjacent to an activating group) is 1. The zero-order valence-corrected chi connectivity index (χ0v) is 20.3. The molecule has 0 bridgehead atoms. The summed E-state index contributed by atoms with van der Waals surface area (Å²) in [5, 5.41) is 11.2. The van der Waals surface area contributed by atoms with Gasteiger partial charge in [0.15, 0.2) is 5.96 Å². The van der Waals surface area contributed by atoms with Gasteiger partial charge in [0.2, 0.25) is 0 Å². The molecule has 0 spiro atoms. The van der Waals surface area contributed by atoms with Crippen molar-refractivity contribution in [3.8, 4) is 0 Å². The number of aliphatic imine (C=N–C) groups is 1. The molecule has 2 unspecified atom stereocenters. The minimum Gasteiger partial charge on any atom is -0.357 e. The highest BCUT2D eigenvalue weighted by atomic mass is 127. The van der Waals surface area contributed by atoms with Gasteiger partial charge in [0.05, 0.1) is 24.8 Å². The Balaban J connectivity index is 0.00000392. The van der Waals surface area contributed by atoms with Crippen molar-refractivity contribution in [3.63, 3.8) is 0 Å². The number of rotatable bonds is 8. The van der Waals surface area contributed by atoms with Crippen molar-refractivity contribution < 1.29 is 0 Å². The SMILES string of the molecule is CCNC(=NCC(c1cnn(C)c1)N(C)C)NC(C)c1ccc(CC)cc1.I. The third-order valence-electron chi connectivity index (χ3n) is 4.74. The van der Waals surface area contributed by atoms with E-state index in [9.17, 15) is 0 Å². The van der Waals surface area contributed by atoms with E-state index < -0.39 is 0 Å². The molecule has 0 saturated carbocycles. The van der Waals surface area contributed by atoms with Gasteiger partial charge in [-0.05, 0) is 45.5 Å². The maximum Gasteiger partial charge on any atom is 0.191 e. The number of aryl methyl sites for hydroxylation is 2. The molecule has 2 N–H and O–H groups in total. The van der Waals surface area contributed by atoms with Crippen LogP contribution in [0.4, 0.5) is 0 Å². The monoisotopic (exact) mass is 498 g/mol. The van der Waals surface area contributed by atoms with E-state index in [1.54, 1.807) is 0 Å². The molecule has 156 valence electrons. The molecule has 0 fully saturated rings. The second-order valence-electron chi connectivity index (χ2n) is 7.11. The topological polar surface area (TPSA) is 57.5 Å². The van der Waals surface area contributed by atoms with E-state index >= 15 is 0 Å². The summed E-state index contributed by atoms with van der Waals surface area (Å²) in [6, 6.07) is 9.15. The summed E-state index contributed by atoms with van der Waals surface area (Å²) in [7, 11) is 6.09. The Bertz CT molecular complexity index is 723. The minimum atomic E-state index is 0. The van der Waals surface area contributed by atoms with Gasteiger partial charge in [0.1, 0.15) is 0 Å². The van der Waals surface area contributed by atoms with Crippen LogP contribution >= 0.6 is 24.0 Å². The van der Waals surface area contributed by atoms with Crippen LogP contribution in [0.15, 0.2) is 41.7 Å². The Morgan fingerprint density at radius 2 is 1.86 bits per heavy atom. The number of benzene rings is 1. The number of guanidine groups is 1. The number of nitrogens with one attached hydrogen (secondary N) is 2. The average Bonchev–Trinajstić information content (AvgIpc) is 3.07. The van der Waals surface area contributed by atoms with Gasteiger partial charge in [0.25, 0.3) is 0 Å². The third kappa shape index (κ3) is 7.09. The quantitative estimate of drug-likeness (QED) is 0.332. The van der Waals surface area contributed by atoms with Crippen molar-refractivity contribution in [3.05, 3.63) is 53.3 Å². The Morgan fingerprint density at radius 3 is 2.36 bits per heavy atom. The highest BCUT2D eigenvalue weighted by molar-refractivity contribution is 14.0. The van der Waals surface area contributed by atoms with Crippen molar-refractivity contribution in [1.82, 2.24) is 25.3 Å². The molecule has 1 aromatic carbocycles. The Kier molecular flexibility index (Phi) is 10.5. The first-order valence-electron chi connectivity index (χ1n) is 9.73. The lowest BCUT2D eigenvalue weighted by Gasteiger charge is -2.23. The molecule has 0 aliphatic rings. The van der Waals surface area contributed by atoms with Crippen molar-refractivity contribution in [2.24, 2.45) is 12.0 Å². The van der Waals surface area contributed by atoms with Crippen LogP contribution in [0.1, 0.15) is 49.5 Å². The van der Waals surface area contributed by atoms with Crippen LogP contribution in [0.5, 0.6) is 0 Å². The summed E-state index contributed by atoms with van der Waals surface area (Å²) >= 11 is 0. The van der Waals surface area contributed by atoms with Gasteiger partial charge in [-0.25, -0.2) is 0 Å². The van der Waals surface area contributed by atoms with Gasteiger partial charge in [-0.3, -0.25) is 9.67 Å². The molecule has 1 heterocycles. The maximum absolute atomic E-state index is 4.84. The fraction of sp³-hybridized carbons (Fsp3) is 0.524. The number of nitrogens with zero attached hydrogens (tertiary/aromatic N) is 4. The number of hydrogen-bond acceptors (Lipinski definition) is 3. The summed E-state index contributed by atoms with van der Waals surface area (Å²) < 4.78 is 1.83. The Morgan fingerprint density at radius 1 is 1.18 bits per heavy atom. The molecular formula is C21H35IN6. The lowest BCUT2D eigenvalue weighted by molar-refractivity contribution is 0.306. The van der Waals surface area contributed by atoms with E-state index in [0.717, 1.165) is 18.9 Å². The van der Waals surface area contributed by atoms with Gasteiger partial charge in [-0.2, -0.15) is 5.10 Å².